The fourth-order valence-electron chi connectivity index (χ4n) is 1.61. The Morgan fingerprint density at radius 2 is 1.82 bits per heavy atom. The number of nitrogens with zero attached hydrogens (tertiary/aromatic N) is 1. The molecule has 0 spiro atoms. The Morgan fingerprint density at radius 3 is 2.65 bits per heavy atom. The van der Waals surface area contributed by atoms with E-state index in [0.29, 0.717) is 5.76 Å². The van der Waals surface area contributed by atoms with Crippen molar-refractivity contribution in [3.8, 4) is 11.8 Å². The van der Waals surface area contributed by atoms with Crippen molar-refractivity contribution in [2.45, 2.75) is 0 Å². The molecule has 0 atom stereocenters. The van der Waals surface area contributed by atoms with Crippen molar-refractivity contribution in [1.82, 2.24) is 4.98 Å². The van der Waals surface area contributed by atoms with Crippen LogP contribution in [-0.4, -0.2) is 4.98 Å². The molecule has 0 fully saturated rings. The van der Waals surface area contributed by atoms with Crippen molar-refractivity contribution in [1.29, 1.82) is 0 Å². The zero-order chi connectivity index (χ0) is 11.5. The Kier molecular flexibility index (Phi) is 2.36. The molecule has 0 N–H and O–H groups in total. The van der Waals surface area contributed by atoms with Crippen molar-refractivity contribution in [2.24, 2.45) is 0 Å². The van der Waals surface area contributed by atoms with Crippen LogP contribution in [-0.2, 0) is 0 Å². The van der Waals surface area contributed by atoms with Crippen LogP contribution in [0.3, 0.4) is 0 Å². The Labute approximate surface area is 98.9 Å². The summed E-state index contributed by atoms with van der Waals surface area (Å²) < 4.78 is 5.59. The summed E-state index contributed by atoms with van der Waals surface area (Å²) in [5.41, 5.74) is 1.60. The molecule has 2 heterocycles. The molecule has 0 aliphatic carbocycles. The summed E-state index contributed by atoms with van der Waals surface area (Å²) in [7, 11) is 0. The van der Waals surface area contributed by atoms with Gasteiger partial charge in [-0.15, -0.1) is 0 Å². The minimum atomic E-state index is 0.664. The van der Waals surface area contributed by atoms with E-state index < -0.39 is 0 Å². The monoisotopic (exact) mass is 219 g/mol. The third-order valence-electron chi connectivity index (χ3n) is 2.40. The van der Waals surface area contributed by atoms with Crippen LogP contribution in [0.2, 0.25) is 0 Å². The molecule has 0 unspecified atom stereocenters. The van der Waals surface area contributed by atoms with Gasteiger partial charge in [0.1, 0.15) is 11.3 Å². The highest BCUT2D eigenvalue weighted by atomic mass is 16.3. The quantitative estimate of drug-likeness (QED) is 0.542. The summed E-state index contributed by atoms with van der Waals surface area (Å²) in [5, 5.41) is 1.07. The van der Waals surface area contributed by atoms with Gasteiger partial charge in [-0.3, -0.25) is 0 Å². The fraction of sp³-hybridized carbons (Fsp3) is 0. The lowest BCUT2D eigenvalue weighted by Crippen LogP contribution is -1.77. The van der Waals surface area contributed by atoms with Gasteiger partial charge >= 0.3 is 0 Å². The molecule has 3 rings (SSSR count). The minimum absolute atomic E-state index is 0.664. The zero-order valence-corrected chi connectivity index (χ0v) is 9.05. The van der Waals surface area contributed by atoms with Gasteiger partial charge in [-0.1, -0.05) is 24.3 Å². The summed E-state index contributed by atoms with van der Waals surface area (Å²) >= 11 is 0. The van der Waals surface area contributed by atoms with Crippen LogP contribution in [0, 0.1) is 11.8 Å². The molecule has 17 heavy (non-hydrogen) atoms. The SMILES string of the molecule is C(#Cc1cc2ccccc2o1)c1ccccn1. The lowest BCUT2D eigenvalue weighted by Gasteiger charge is -1.84. The van der Waals surface area contributed by atoms with E-state index in [2.05, 4.69) is 16.8 Å². The lowest BCUT2D eigenvalue weighted by molar-refractivity contribution is 0.601. The molecular formula is C15H9NO. The molecule has 2 nitrogen and oxygen atoms in total. The van der Waals surface area contributed by atoms with Crippen LogP contribution >= 0.6 is 0 Å². The van der Waals surface area contributed by atoms with Gasteiger partial charge in [-0.2, -0.15) is 0 Å². The number of furan rings is 1. The fourth-order valence-corrected chi connectivity index (χ4v) is 1.61. The Hall–Kier alpha value is -2.53. The first-order valence-electron chi connectivity index (χ1n) is 5.33. The van der Waals surface area contributed by atoms with Gasteiger partial charge in [-0.25, -0.2) is 4.98 Å². The second kappa shape index (κ2) is 4.15. The average molecular weight is 219 g/mol. The van der Waals surface area contributed by atoms with E-state index in [1.165, 1.54) is 0 Å². The van der Waals surface area contributed by atoms with Crippen molar-refractivity contribution in [3.05, 3.63) is 66.2 Å². The van der Waals surface area contributed by atoms with E-state index in [0.717, 1.165) is 16.7 Å². The van der Waals surface area contributed by atoms with Gasteiger partial charge in [0, 0.05) is 17.6 Å². The topological polar surface area (TPSA) is 26.0 Å². The predicted molar refractivity (Wildman–Crippen MR) is 66.4 cm³/mol. The number of hydrogen-bond acceptors (Lipinski definition) is 2. The number of hydrogen-bond donors (Lipinski definition) is 0. The average Bonchev–Trinajstić information content (AvgIpc) is 2.80. The first kappa shape index (κ1) is 9.68. The number of aromatic nitrogens is 1. The second-order valence-corrected chi connectivity index (χ2v) is 3.61. The highest BCUT2D eigenvalue weighted by molar-refractivity contribution is 5.78. The molecular weight excluding hydrogens is 210 g/mol. The summed E-state index contributed by atoms with van der Waals surface area (Å²) in [5.74, 6) is 6.60. The van der Waals surface area contributed by atoms with E-state index >= 15 is 0 Å². The molecule has 0 aliphatic heterocycles. The molecule has 0 bridgehead atoms. The molecule has 3 aromatic rings. The molecule has 0 saturated heterocycles. The van der Waals surface area contributed by atoms with Crippen LogP contribution in [0.25, 0.3) is 11.0 Å². The molecule has 0 saturated carbocycles. The third kappa shape index (κ3) is 2.04. The molecule has 80 valence electrons. The van der Waals surface area contributed by atoms with Crippen LogP contribution in [0.1, 0.15) is 11.5 Å². The van der Waals surface area contributed by atoms with Crippen LogP contribution in [0.5, 0.6) is 0 Å². The van der Waals surface area contributed by atoms with Crippen molar-refractivity contribution in [2.75, 3.05) is 0 Å². The minimum Gasteiger partial charge on any atom is -0.448 e. The van der Waals surface area contributed by atoms with E-state index in [1.54, 1.807) is 6.20 Å². The molecule has 2 aromatic heterocycles. The summed E-state index contributed by atoms with van der Waals surface area (Å²) in [6, 6.07) is 15.4. The summed E-state index contributed by atoms with van der Waals surface area (Å²) in [4.78, 5) is 4.13. The highest BCUT2D eigenvalue weighted by Crippen LogP contribution is 2.17. The van der Waals surface area contributed by atoms with Crippen LogP contribution in [0.4, 0.5) is 0 Å². The largest absolute Gasteiger partial charge is 0.448 e. The Morgan fingerprint density at radius 1 is 0.941 bits per heavy atom. The number of benzene rings is 1. The zero-order valence-electron chi connectivity index (χ0n) is 9.05. The van der Waals surface area contributed by atoms with Crippen LogP contribution < -0.4 is 0 Å². The van der Waals surface area contributed by atoms with Gasteiger partial charge in [0.25, 0.3) is 0 Å². The van der Waals surface area contributed by atoms with Crippen molar-refractivity contribution >= 4 is 11.0 Å². The van der Waals surface area contributed by atoms with Gasteiger partial charge in [0.2, 0.25) is 0 Å². The summed E-state index contributed by atoms with van der Waals surface area (Å²) in [6.45, 7) is 0. The molecule has 0 radical (unpaired) electrons. The molecule has 1 aromatic carbocycles. The van der Waals surface area contributed by atoms with Crippen molar-refractivity contribution in [3.63, 3.8) is 0 Å². The molecule has 0 aliphatic rings. The maximum Gasteiger partial charge on any atom is 0.178 e. The number of para-hydroxylation sites is 1. The normalized spacial score (nSPS) is 9.88. The smallest absolute Gasteiger partial charge is 0.178 e. The first-order valence-corrected chi connectivity index (χ1v) is 5.33. The van der Waals surface area contributed by atoms with E-state index in [9.17, 15) is 0 Å². The van der Waals surface area contributed by atoms with E-state index in [1.807, 2.05) is 48.5 Å². The van der Waals surface area contributed by atoms with Gasteiger partial charge in [-0.05, 0) is 30.0 Å². The summed E-state index contributed by atoms with van der Waals surface area (Å²) in [6.07, 6.45) is 1.72. The van der Waals surface area contributed by atoms with Gasteiger partial charge in [0.15, 0.2) is 5.76 Å². The number of rotatable bonds is 0. The lowest BCUT2D eigenvalue weighted by atomic mass is 10.2. The maximum atomic E-state index is 5.59. The van der Waals surface area contributed by atoms with E-state index in [-0.39, 0.29) is 0 Å². The third-order valence-corrected chi connectivity index (χ3v) is 2.40. The molecule has 0 amide bonds. The Bertz CT molecular complexity index is 669. The van der Waals surface area contributed by atoms with Crippen molar-refractivity contribution < 1.29 is 4.42 Å². The second-order valence-electron chi connectivity index (χ2n) is 3.61. The molecule has 2 heteroatoms. The predicted octanol–water partition coefficient (Wildman–Crippen LogP) is 3.23. The standard InChI is InChI=1S/C15H9NO/c1-2-7-15-12(5-1)11-14(17-15)9-8-13-6-3-4-10-16-13/h1-7,10-11H. The maximum absolute atomic E-state index is 5.59. The first-order chi connectivity index (χ1) is 8.42. The van der Waals surface area contributed by atoms with Gasteiger partial charge in [0.05, 0.1) is 0 Å². The number of pyridine rings is 1. The van der Waals surface area contributed by atoms with Gasteiger partial charge < -0.3 is 4.42 Å². The van der Waals surface area contributed by atoms with E-state index in [4.69, 9.17) is 4.42 Å². The Balaban J connectivity index is 1.98. The number of fused-ring (bicyclic) bond motifs is 1. The highest BCUT2D eigenvalue weighted by Gasteiger charge is 1.98. The van der Waals surface area contributed by atoms with Crippen LogP contribution in [0.15, 0.2) is 59.1 Å².